The zero-order valence-electron chi connectivity index (χ0n) is 17.6. The molecule has 2 fully saturated rings. The number of piperidine rings is 1. The molecule has 1 amide bonds. The number of aromatic amines is 1. The summed E-state index contributed by atoms with van der Waals surface area (Å²) in [5.41, 5.74) is 2.94. The zero-order chi connectivity index (χ0) is 20.2. The van der Waals surface area contributed by atoms with Gasteiger partial charge >= 0.3 is 0 Å². The first kappa shape index (κ1) is 20.0. The molecule has 6 heteroatoms. The standard InChI is InChI=1S/C23H32N4O2/c1-26(2)23(28)20-14-24-25-22(20)18-9-7-13-27(16-18)15-17-8-3-6-12-21(17)29-19-10-4-5-11-19/h3,6,8,12,14,18-19H,4-5,7,9-11,13,15-16H2,1-2H3,(H,24,25)/t18-/m1/s1. The molecule has 0 radical (unpaired) electrons. The highest BCUT2D eigenvalue weighted by molar-refractivity contribution is 5.94. The predicted octanol–water partition coefficient (Wildman–Crippen LogP) is 3.81. The van der Waals surface area contributed by atoms with Crippen LogP contribution in [-0.4, -0.2) is 59.2 Å². The lowest BCUT2D eigenvalue weighted by Crippen LogP contribution is -2.35. The molecule has 1 aromatic heterocycles. The van der Waals surface area contributed by atoms with Crippen LogP contribution in [0, 0.1) is 0 Å². The van der Waals surface area contributed by atoms with Crippen LogP contribution in [0.15, 0.2) is 30.5 Å². The molecule has 0 spiro atoms. The number of para-hydroxylation sites is 1. The van der Waals surface area contributed by atoms with Crippen molar-refractivity contribution in [3.8, 4) is 5.75 Å². The van der Waals surface area contributed by atoms with Gasteiger partial charge in [-0.15, -0.1) is 0 Å². The monoisotopic (exact) mass is 396 g/mol. The van der Waals surface area contributed by atoms with E-state index in [0.717, 1.165) is 43.9 Å². The van der Waals surface area contributed by atoms with Crippen LogP contribution in [-0.2, 0) is 6.54 Å². The van der Waals surface area contributed by atoms with Crippen LogP contribution in [0.3, 0.4) is 0 Å². The minimum Gasteiger partial charge on any atom is -0.490 e. The first-order valence-corrected chi connectivity index (χ1v) is 10.8. The molecule has 156 valence electrons. The molecule has 1 aliphatic heterocycles. The van der Waals surface area contributed by atoms with Gasteiger partial charge in [0.2, 0.25) is 0 Å². The highest BCUT2D eigenvalue weighted by Crippen LogP contribution is 2.31. The van der Waals surface area contributed by atoms with E-state index in [9.17, 15) is 4.79 Å². The van der Waals surface area contributed by atoms with E-state index in [1.165, 1.54) is 31.2 Å². The first-order valence-electron chi connectivity index (χ1n) is 10.8. The lowest BCUT2D eigenvalue weighted by atomic mass is 9.92. The van der Waals surface area contributed by atoms with Gasteiger partial charge in [-0.05, 0) is 51.1 Å². The van der Waals surface area contributed by atoms with Crippen molar-refractivity contribution in [2.45, 2.75) is 57.1 Å². The number of rotatable bonds is 6. The Kier molecular flexibility index (Phi) is 6.19. The lowest BCUT2D eigenvalue weighted by molar-refractivity contribution is 0.0825. The number of nitrogens with zero attached hydrogens (tertiary/aromatic N) is 3. The van der Waals surface area contributed by atoms with Gasteiger partial charge in [0.1, 0.15) is 5.75 Å². The van der Waals surface area contributed by atoms with Crippen LogP contribution >= 0.6 is 0 Å². The third kappa shape index (κ3) is 4.64. The number of carbonyl (C=O) groups excluding carboxylic acids is 1. The fraction of sp³-hybridized carbons (Fsp3) is 0.565. The molecule has 6 nitrogen and oxygen atoms in total. The molecule has 2 heterocycles. The highest BCUT2D eigenvalue weighted by atomic mass is 16.5. The maximum atomic E-state index is 12.5. The highest BCUT2D eigenvalue weighted by Gasteiger charge is 2.28. The first-order chi connectivity index (χ1) is 14.1. The van der Waals surface area contributed by atoms with Crippen molar-refractivity contribution in [1.29, 1.82) is 0 Å². The van der Waals surface area contributed by atoms with E-state index in [4.69, 9.17) is 4.74 Å². The topological polar surface area (TPSA) is 61.5 Å². The summed E-state index contributed by atoms with van der Waals surface area (Å²) in [6.07, 6.45) is 9.12. The Morgan fingerprint density at radius 2 is 2.00 bits per heavy atom. The fourth-order valence-electron chi connectivity index (χ4n) is 4.63. The number of carbonyl (C=O) groups is 1. The van der Waals surface area contributed by atoms with Crippen LogP contribution < -0.4 is 4.74 Å². The molecule has 4 rings (SSSR count). The molecule has 2 aromatic rings. The van der Waals surface area contributed by atoms with Crippen LogP contribution in [0.1, 0.15) is 66.1 Å². The number of ether oxygens (including phenoxy) is 1. The summed E-state index contributed by atoms with van der Waals surface area (Å²) in [7, 11) is 3.57. The summed E-state index contributed by atoms with van der Waals surface area (Å²) < 4.78 is 6.33. The van der Waals surface area contributed by atoms with Crippen LogP contribution in [0.2, 0.25) is 0 Å². The molecule has 1 atom stereocenters. The molecule has 1 saturated carbocycles. The Labute approximate surface area is 173 Å². The second-order valence-electron chi connectivity index (χ2n) is 8.60. The molecular formula is C23H32N4O2. The SMILES string of the molecule is CN(C)C(=O)c1cn[nH]c1[C@@H]1CCCN(Cc2ccccc2OC2CCCC2)C1. The normalized spacial score (nSPS) is 20.7. The van der Waals surface area contributed by atoms with Gasteiger partial charge in [0, 0.05) is 38.7 Å². The maximum absolute atomic E-state index is 12.5. The van der Waals surface area contributed by atoms with Crippen molar-refractivity contribution in [2.24, 2.45) is 0 Å². The number of nitrogens with one attached hydrogen (secondary N) is 1. The molecule has 1 saturated heterocycles. The van der Waals surface area contributed by atoms with Crippen molar-refractivity contribution in [3.05, 3.63) is 47.3 Å². The Morgan fingerprint density at radius 3 is 2.79 bits per heavy atom. The Morgan fingerprint density at radius 1 is 1.21 bits per heavy atom. The second kappa shape index (κ2) is 8.99. The van der Waals surface area contributed by atoms with E-state index >= 15 is 0 Å². The largest absolute Gasteiger partial charge is 0.490 e. The minimum absolute atomic E-state index is 0.0150. The quantitative estimate of drug-likeness (QED) is 0.806. The third-order valence-electron chi connectivity index (χ3n) is 6.18. The van der Waals surface area contributed by atoms with Crippen LogP contribution in [0.4, 0.5) is 0 Å². The van der Waals surface area contributed by atoms with Crippen LogP contribution in [0.25, 0.3) is 0 Å². The molecular weight excluding hydrogens is 364 g/mol. The number of benzene rings is 1. The number of H-pyrrole nitrogens is 1. The van der Waals surface area contributed by atoms with E-state index < -0.39 is 0 Å². The van der Waals surface area contributed by atoms with Crippen molar-refractivity contribution >= 4 is 5.91 Å². The lowest BCUT2D eigenvalue weighted by Gasteiger charge is -2.33. The van der Waals surface area contributed by atoms with E-state index in [1.54, 1.807) is 25.2 Å². The summed E-state index contributed by atoms with van der Waals surface area (Å²) >= 11 is 0. The Bertz CT molecular complexity index is 826. The Balaban J connectivity index is 1.45. The maximum Gasteiger partial charge on any atom is 0.256 e. The summed E-state index contributed by atoms with van der Waals surface area (Å²) in [4.78, 5) is 16.6. The second-order valence-corrected chi connectivity index (χ2v) is 8.60. The van der Waals surface area contributed by atoms with E-state index in [2.05, 4.69) is 39.4 Å². The van der Waals surface area contributed by atoms with Crippen molar-refractivity contribution in [3.63, 3.8) is 0 Å². The van der Waals surface area contributed by atoms with Gasteiger partial charge in [0.15, 0.2) is 0 Å². The summed E-state index contributed by atoms with van der Waals surface area (Å²) in [6.45, 7) is 2.87. The van der Waals surface area contributed by atoms with E-state index in [0.29, 0.717) is 17.6 Å². The van der Waals surface area contributed by atoms with E-state index in [-0.39, 0.29) is 5.91 Å². The number of likely N-dealkylation sites (tertiary alicyclic amines) is 1. The summed E-state index contributed by atoms with van der Waals surface area (Å²) in [5, 5.41) is 7.28. The minimum atomic E-state index is 0.0150. The average Bonchev–Trinajstić information content (AvgIpc) is 3.41. The van der Waals surface area contributed by atoms with Gasteiger partial charge in [0.05, 0.1) is 23.6 Å². The Hall–Kier alpha value is -2.34. The van der Waals surface area contributed by atoms with Gasteiger partial charge in [-0.3, -0.25) is 14.8 Å². The summed E-state index contributed by atoms with van der Waals surface area (Å²) in [6, 6.07) is 8.46. The molecule has 1 aromatic carbocycles. The van der Waals surface area contributed by atoms with Crippen molar-refractivity contribution in [2.75, 3.05) is 27.2 Å². The van der Waals surface area contributed by atoms with Gasteiger partial charge in [-0.25, -0.2) is 0 Å². The average molecular weight is 397 g/mol. The van der Waals surface area contributed by atoms with Gasteiger partial charge in [-0.2, -0.15) is 5.10 Å². The molecule has 0 bridgehead atoms. The number of aromatic nitrogens is 2. The molecule has 2 aliphatic rings. The molecule has 29 heavy (non-hydrogen) atoms. The number of hydrogen-bond acceptors (Lipinski definition) is 4. The molecule has 1 N–H and O–H groups in total. The molecule has 0 unspecified atom stereocenters. The number of amides is 1. The fourth-order valence-corrected chi connectivity index (χ4v) is 4.63. The summed E-state index contributed by atoms with van der Waals surface area (Å²) in [5.74, 6) is 1.35. The molecule has 1 aliphatic carbocycles. The van der Waals surface area contributed by atoms with Gasteiger partial charge in [-0.1, -0.05) is 18.2 Å². The predicted molar refractivity (Wildman–Crippen MR) is 113 cm³/mol. The zero-order valence-corrected chi connectivity index (χ0v) is 17.6. The third-order valence-corrected chi connectivity index (χ3v) is 6.18. The van der Waals surface area contributed by atoms with Crippen LogP contribution in [0.5, 0.6) is 5.75 Å². The van der Waals surface area contributed by atoms with Crippen molar-refractivity contribution in [1.82, 2.24) is 20.0 Å². The van der Waals surface area contributed by atoms with Gasteiger partial charge in [0.25, 0.3) is 5.91 Å². The van der Waals surface area contributed by atoms with Crippen molar-refractivity contribution < 1.29 is 9.53 Å². The van der Waals surface area contributed by atoms with E-state index in [1.807, 2.05) is 0 Å². The smallest absolute Gasteiger partial charge is 0.256 e. The number of hydrogen-bond donors (Lipinski definition) is 1. The van der Waals surface area contributed by atoms with Gasteiger partial charge < -0.3 is 9.64 Å².